The Bertz CT molecular complexity index is 882. The molecule has 0 aliphatic heterocycles. The summed E-state index contributed by atoms with van der Waals surface area (Å²) in [6.07, 6.45) is 1.25. The smallest absolute Gasteiger partial charge is 0.341 e. The Morgan fingerprint density at radius 2 is 1.96 bits per heavy atom. The van der Waals surface area contributed by atoms with E-state index < -0.39 is 11.9 Å². The van der Waals surface area contributed by atoms with Crippen molar-refractivity contribution in [1.82, 2.24) is 14.7 Å². The summed E-state index contributed by atoms with van der Waals surface area (Å²) >= 11 is 3.07. The maximum Gasteiger partial charge on any atom is 0.341 e. The number of halogens is 1. The average molecular weight is 504 g/mol. The van der Waals surface area contributed by atoms with E-state index in [1.54, 1.807) is 48.1 Å². The molecule has 0 saturated carbocycles. The monoisotopic (exact) mass is 504 g/mol. The number of rotatable bonds is 5. The quantitative estimate of drug-likeness (QED) is 0.500. The van der Waals surface area contributed by atoms with Crippen molar-refractivity contribution in [2.75, 3.05) is 19.4 Å². The lowest BCUT2D eigenvalue weighted by Crippen LogP contribution is -2.21. The molecule has 10 heteroatoms. The SMILES string of the molecule is Cc1c(C(=O)N(C)C)sc(NC(=O)c2c(I)cnn2C)c1C(=O)OC(C)C. The number of anilines is 1. The van der Waals surface area contributed by atoms with E-state index in [0.717, 1.165) is 11.3 Å². The van der Waals surface area contributed by atoms with Crippen LogP contribution in [0, 0.1) is 10.5 Å². The summed E-state index contributed by atoms with van der Waals surface area (Å²) < 4.78 is 7.44. The van der Waals surface area contributed by atoms with Gasteiger partial charge in [0.05, 0.1) is 26.3 Å². The van der Waals surface area contributed by atoms with Gasteiger partial charge in [0.15, 0.2) is 0 Å². The molecule has 0 aromatic carbocycles. The normalized spacial score (nSPS) is 10.8. The van der Waals surface area contributed by atoms with Crippen LogP contribution in [-0.4, -0.2) is 52.7 Å². The Morgan fingerprint density at radius 3 is 2.44 bits per heavy atom. The van der Waals surface area contributed by atoms with Crippen molar-refractivity contribution >= 4 is 56.7 Å². The fourth-order valence-electron chi connectivity index (χ4n) is 2.36. The van der Waals surface area contributed by atoms with Crippen molar-refractivity contribution in [2.45, 2.75) is 26.9 Å². The van der Waals surface area contributed by atoms with E-state index in [2.05, 4.69) is 10.4 Å². The number of aryl methyl sites for hydroxylation is 1. The summed E-state index contributed by atoms with van der Waals surface area (Å²) in [5.74, 6) is -1.23. The number of nitrogens with one attached hydrogen (secondary N) is 1. The molecule has 0 radical (unpaired) electrons. The van der Waals surface area contributed by atoms with Crippen LogP contribution in [0.1, 0.15) is 49.9 Å². The number of nitrogens with zero attached hydrogens (tertiary/aromatic N) is 3. The lowest BCUT2D eigenvalue weighted by molar-refractivity contribution is 0.0379. The number of carbonyl (C=O) groups excluding carboxylic acids is 3. The number of hydrogen-bond acceptors (Lipinski definition) is 6. The second-order valence-electron chi connectivity index (χ2n) is 6.33. The van der Waals surface area contributed by atoms with Gasteiger partial charge in [-0.25, -0.2) is 4.79 Å². The van der Waals surface area contributed by atoms with E-state index in [1.807, 2.05) is 22.6 Å². The summed E-state index contributed by atoms with van der Waals surface area (Å²) in [5.41, 5.74) is 1.05. The summed E-state index contributed by atoms with van der Waals surface area (Å²) in [6.45, 7) is 5.15. The molecule has 2 aromatic rings. The van der Waals surface area contributed by atoms with Crippen LogP contribution in [-0.2, 0) is 11.8 Å². The number of thiophene rings is 1. The molecule has 146 valence electrons. The molecule has 0 bridgehead atoms. The molecule has 0 aliphatic rings. The van der Waals surface area contributed by atoms with Crippen molar-refractivity contribution in [3.8, 4) is 0 Å². The molecule has 1 N–H and O–H groups in total. The van der Waals surface area contributed by atoms with Crippen molar-refractivity contribution in [2.24, 2.45) is 7.05 Å². The van der Waals surface area contributed by atoms with E-state index in [4.69, 9.17) is 4.74 Å². The van der Waals surface area contributed by atoms with Crippen LogP contribution < -0.4 is 5.32 Å². The first-order valence-corrected chi connectivity index (χ1v) is 9.99. The minimum absolute atomic E-state index is 0.199. The average Bonchev–Trinajstić information content (AvgIpc) is 3.05. The Balaban J connectivity index is 2.50. The van der Waals surface area contributed by atoms with E-state index in [-0.39, 0.29) is 22.6 Å². The Kier molecular flexibility index (Phi) is 6.63. The van der Waals surface area contributed by atoms with Crippen LogP contribution in [0.2, 0.25) is 0 Å². The van der Waals surface area contributed by atoms with E-state index in [0.29, 0.717) is 19.7 Å². The molecule has 2 heterocycles. The van der Waals surface area contributed by atoms with Crippen LogP contribution in [0.5, 0.6) is 0 Å². The fourth-order valence-corrected chi connectivity index (χ4v) is 4.29. The van der Waals surface area contributed by atoms with Gasteiger partial charge in [0.25, 0.3) is 11.8 Å². The number of ether oxygens (including phenoxy) is 1. The molecule has 0 atom stereocenters. The lowest BCUT2D eigenvalue weighted by atomic mass is 10.1. The van der Waals surface area contributed by atoms with Gasteiger partial charge in [0.2, 0.25) is 0 Å². The van der Waals surface area contributed by atoms with Gasteiger partial charge in [0.1, 0.15) is 10.7 Å². The first-order valence-electron chi connectivity index (χ1n) is 8.09. The van der Waals surface area contributed by atoms with Crippen LogP contribution in [0.3, 0.4) is 0 Å². The largest absolute Gasteiger partial charge is 0.459 e. The molecule has 2 aromatic heterocycles. The topological polar surface area (TPSA) is 93.5 Å². The summed E-state index contributed by atoms with van der Waals surface area (Å²) in [6, 6.07) is 0. The Morgan fingerprint density at radius 1 is 1.33 bits per heavy atom. The first kappa shape index (κ1) is 21.4. The highest BCUT2D eigenvalue weighted by atomic mass is 127. The highest BCUT2D eigenvalue weighted by Gasteiger charge is 2.29. The molecule has 8 nitrogen and oxygen atoms in total. The van der Waals surface area contributed by atoms with Crippen molar-refractivity contribution in [3.63, 3.8) is 0 Å². The molecule has 0 fully saturated rings. The highest BCUT2D eigenvalue weighted by Crippen LogP contribution is 2.35. The summed E-state index contributed by atoms with van der Waals surface area (Å²) in [5, 5.41) is 7.08. The van der Waals surface area contributed by atoms with Crippen molar-refractivity contribution < 1.29 is 19.1 Å². The predicted octanol–water partition coefficient (Wildman–Crippen LogP) is 2.91. The lowest BCUT2D eigenvalue weighted by Gasteiger charge is -2.11. The first-order chi connectivity index (χ1) is 12.5. The van der Waals surface area contributed by atoms with E-state index in [1.165, 1.54) is 9.58 Å². The standard InChI is InChI=1S/C17H21IN4O4S/c1-8(2)26-17(25)11-9(3)13(16(24)21(4)5)27-15(11)20-14(23)12-10(18)7-19-22(12)6/h7-8H,1-6H3,(H,20,23). The number of esters is 1. The van der Waals surface area contributed by atoms with Crippen LogP contribution in [0.15, 0.2) is 6.20 Å². The van der Waals surface area contributed by atoms with Crippen molar-refractivity contribution in [3.05, 3.63) is 31.5 Å². The molecular weight excluding hydrogens is 483 g/mol. The molecule has 2 rings (SSSR count). The third kappa shape index (κ3) is 4.49. The minimum Gasteiger partial charge on any atom is -0.459 e. The van der Waals surface area contributed by atoms with Gasteiger partial charge >= 0.3 is 5.97 Å². The van der Waals surface area contributed by atoms with Gasteiger partial charge in [-0.1, -0.05) is 0 Å². The van der Waals surface area contributed by atoms with E-state index in [9.17, 15) is 14.4 Å². The second kappa shape index (κ2) is 8.38. The van der Waals surface area contributed by atoms with Gasteiger partial charge < -0.3 is 15.0 Å². The van der Waals surface area contributed by atoms with Crippen molar-refractivity contribution in [1.29, 1.82) is 0 Å². The Hall–Kier alpha value is -1.95. The zero-order chi connectivity index (χ0) is 20.5. The molecule has 27 heavy (non-hydrogen) atoms. The molecule has 0 spiro atoms. The van der Waals surface area contributed by atoms with E-state index >= 15 is 0 Å². The number of carbonyl (C=O) groups is 3. The fraction of sp³-hybridized carbons (Fsp3) is 0.412. The summed E-state index contributed by atoms with van der Waals surface area (Å²) in [7, 11) is 4.92. The van der Waals surface area contributed by atoms with Crippen LogP contribution in [0.25, 0.3) is 0 Å². The van der Waals surface area contributed by atoms with Gasteiger partial charge in [0, 0.05) is 21.1 Å². The molecule has 0 unspecified atom stereocenters. The molecule has 2 amide bonds. The number of aromatic nitrogens is 2. The molecular formula is C17H21IN4O4S. The third-order valence-corrected chi connectivity index (χ3v) is 5.61. The minimum atomic E-state index is -0.577. The molecule has 0 aliphatic carbocycles. The predicted molar refractivity (Wildman–Crippen MR) is 112 cm³/mol. The second-order valence-corrected chi connectivity index (χ2v) is 8.52. The maximum absolute atomic E-state index is 12.7. The summed E-state index contributed by atoms with van der Waals surface area (Å²) in [4.78, 5) is 39.6. The van der Waals surface area contributed by atoms with Gasteiger partial charge in [-0.15, -0.1) is 11.3 Å². The zero-order valence-corrected chi connectivity index (χ0v) is 18.9. The number of hydrogen-bond donors (Lipinski definition) is 1. The Labute approximate surface area is 175 Å². The van der Waals surface area contributed by atoms with Crippen LogP contribution in [0.4, 0.5) is 5.00 Å². The molecule has 0 saturated heterocycles. The third-order valence-electron chi connectivity index (χ3n) is 3.63. The highest BCUT2D eigenvalue weighted by molar-refractivity contribution is 14.1. The van der Waals surface area contributed by atoms with Crippen LogP contribution >= 0.6 is 33.9 Å². The number of amides is 2. The van der Waals surface area contributed by atoms with Gasteiger partial charge in [-0.05, 0) is 48.9 Å². The maximum atomic E-state index is 12.7. The van der Waals surface area contributed by atoms with Gasteiger partial charge in [-0.2, -0.15) is 5.10 Å². The van der Waals surface area contributed by atoms with Gasteiger partial charge in [-0.3, -0.25) is 14.3 Å². The zero-order valence-electron chi connectivity index (χ0n) is 15.9.